The van der Waals surface area contributed by atoms with Gasteiger partial charge in [0.1, 0.15) is 11.5 Å². The van der Waals surface area contributed by atoms with Crippen LogP contribution < -0.4 is 10.1 Å². The van der Waals surface area contributed by atoms with E-state index in [4.69, 9.17) is 13.8 Å². The van der Waals surface area contributed by atoms with Gasteiger partial charge in [-0.1, -0.05) is 83.8 Å². The Balaban J connectivity index is 2.40. The van der Waals surface area contributed by atoms with E-state index in [1.807, 2.05) is 31.2 Å². The van der Waals surface area contributed by atoms with Crippen LogP contribution in [0.2, 0.25) is 0 Å². The fourth-order valence-electron chi connectivity index (χ4n) is 4.23. The molecule has 0 radical (unpaired) electrons. The van der Waals surface area contributed by atoms with E-state index in [2.05, 4.69) is 12.2 Å². The fraction of sp³-hybridized carbons (Fsp3) is 0.759. The number of unbranched alkanes of at least 4 members (excludes halogenated alkanes) is 9. The molecule has 214 valence electrons. The highest BCUT2D eigenvalue weighted by atomic mass is 31.2. The van der Waals surface area contributed by atoms with Crippen molar-refractivity contribution in [2.45, 2.75) is 104 Å². The zero-order chi connectivity index (χ0) is 27.2. The molecule has 0 bridgehead atoms. The standard InChI is InChI=1S/C29H52NO6P/c1-4-6-7-8-9-10-11-12-13-14-21-34-29-18-16-26(17-19-29)23-27(24-28(31)15-5-2)25-36-37(32,33)35-22-20-30-3/h16-19,27,30H,4-15,20-25H2,1-3H3,(H,32,33). The van der Waals surface area contributed by atoms with Crippen molar-refractivity contribution in [3.63, 3.8) is 0 Å². The second-order valence-electron chi connectivity index (χ2n) is 9.94. The van der Waals surface area contributed by atoms with Crippen molar-refractivity contribution in [2.24, 2.45) is 5.92 Å². The van der Waals surface area contributed by atoms with E-state index >= 15 is 0 Å². The van der Waals surface area contributed by atoms with Crippen molar-refractivity contribution in [3.8, 4) is 5.75 Å². The lowest BCUT2D eigenvalue weighted by Crippen LogP contribution is -2.18. The van der Waals surface area contributed by atoms with Crippen molar-refractivity contribution in [1.82, 2.24) is 5.32 Å². The normalized spacial score (nSPS) is 13.8. The van der Waals surface area contributed by atoms with Crippen LogP contribution in [0, 0.1) is 5.92 Å². The average molecular weight is 542 g/mol. The zero-order valence-corrected chi connectivity index (χ0v) is 24.4. The van der Waals surface area contributed by atoms with Crippen LogP contribution in [0.5, 0.6) is 5.75 Å². The number of ketones is 1. The molecular formula is C29H52NO6P. The van der Waals surface area contributed by atoms with E-state index < -0.39 is 7.82 Å². The van der Waals surface area contributed by atoms with Gasteiger partial charge in [-0.3, -0.25) is 13.8 Å². The predicted octanol–water partition coefficient (Wildman–Crippen LogP) is 7.26. The quantitative estimate of drug-likeness (QED) is 0.0994. The molecule has 37 heavy (non-hydrogen) atoms. The summed E-state index contributed by atoms with van der Waals surface area (Å²) in [4.78, 5) is 22.2. The molecular weight excluding hydrogens is 489 g/mol. The SMILES string of the molecule is CCCCCCCCCCCCOc1ccc(CC(COP(=O)(O)OCCNC)CC(=O)CCC)cc1. The van der Waals surface area contributed by atoms with Gasteiger partial charge in [-0.15, -0.1) is 0 Å². The number of phosphoric ester groups is 1. The lowest BCUT2D eigenvalue weighted by Gasteiger charge is -2.19. The van der Waals surface area contributed by atoms with Gasteiger partial charge in [-0.25, -0.2) is 4.57 Å². The number of Topliss-reactive ketones (excluding diaryl/α,β-unsaturated/α-hetero) is 1. The lowest BCUT2D eigenvalue weighted by molar-refractivity contribution is -0.120. The first-order valence-corrected chi connectivity index (χ1v) is 15.9. The number of carbonyl (C=O) groups is 1. The van der Waals surface area contributed by atoms with E-state index in [9.17, 15) is 14.3 Å². The number of likely N-dealkylation sites (N-methyl/N-ethyl adjacent to an activating group) is 1. The van der Waals surface area contributed by atoms with E-state index in [0.717, 1.165) is 30.8 Å². The molecule has 0 aliphatic heterocycles. The van der Waals surface area contributed by atoms with E-state index in [1.54, 1.807) is 7.05 Å². The third-order valence-corrected chi connectivity index (χ3v) is 7.32. The molecule has 0 heterocycles. The molecule has 0 amide bonds. The molecule has 1 aromatic carbocycles. The van der Waals surface area contributed by atoms with Gasteiger partial charge in [0, 0.05) is 19.4 Å². The Kier molecular flexibility index (Phi) is 19.8. The molecule has 0 aliphatic rings. The zero-order valence-electron chi connectivity index (χ0n) is 23.6. The highest BCUT2D eigenvalue weighted by molar-refractivity contribution is 7.47. The monoisotopic (exact) mass is 541 g/mol. The summed E-state index contributed by atoms with van der Waals surface area (Å²) in [6, 6.07) is 7.89. The Morgan fingerprint density at radius 3 is 2.11 bits per heavy atom. The van der Waals surface area contributed by atoms with Gasteiger partial charge in [0.2, 0.25) is 0 Å². The first kappa shape index (κ1) is 33.8. The van der Waals surface area contributed by atoms with E-state index in [0.29, 0.717) is 25.8 Å². The van der Waals surface area contributed by atoms with Crippen LogP contribution in [0.15, 0.2) is 24.3 Å². The Hall–Kier alpha value is -1.24. The highest BCUT2D eigenvalue weighted by Crippen LogP contribution is 2.43. The number of hydrogen-bond donors (Lipinski definition) is 2. The molecule has 0 saturated carbocycles. The predicted molar refractivity (Wildman–Crippen MR) is 151 cm³/mol. The minimum atomic E-state index is -4.15. The second kappa shape index (κ2) is 21.7. The second-order valence-corrected chi connectivity index (χ2v) is 11.4. The van der Waals surface area contributed by atoms with Gasteiger partial charge in [0.15, 0.2) is 0 Å². The largest absolute Gasteiger partial charge is 0.494 e. The number of ether oxygens (including phenoxy) is 1. The average Bonchev–Trinajstić information content (AvgIpc) is 2.87. The molecule has 1 aromatic rings. The van der Waals surface area contributed by atoms with Gasteiger partial charge in [-0.05, 0) is 49.9 Å². The van der Waals surface area contributed by atoms with Crippen LogP contribution >= 0.6 is 7.82 Å². The van der Waals surface area contributed by atoms with Gasteiger partial charge >= 0.3 is 7.82 Å². The topological polar surface area (TPSA) is 94.1 Å². The third-order valence-electron chi connectivity index (χ3n) is 6.34. The summed E-state index contributed by atoms with van der Waals surface area (Å²) in [6.45, 7) is 5.45. The number of hydrogen-bond acceptors (Lipinski definition) is 6. The maximum atomic E-state index is 12.3. The highest BCUT2D eigenvalue weighted by Gasteiger charge is 2.24. The molecule has 0 saturated heterocycles. The first-order chi connectivity index (χ1) is 17.9. The van der Waals surface area contributed by atoms with Crippen molar-refractivity contribution in [2.75, 3.05) is 33.4 Å². The summed E-state index contributed by atoms with van der Waals surface area (Å²) >= 11 is 0. The van der Waals surface area contributed by atoms with Crippen LogP contribution in [0.1, 0.15) is 103 Å². The van der Waals surface area contributed by atoms with Gasteiger partial charge in [0.05, 0.1) is 19.8 Å². The first-order valence-electron chi connectivity index (χ1n) is 14.4. The molecule has 2 atom stereocenters. The number of nitrogens with one attached hydrogen (secondary N) is 1. The summed E-state index contributed by atoms with van der Waals surface area (Å²) in [6.07, 6.45) is 15.2. The maximum Gasteiger partial charge on any atom is 0.472 e. The lowest BCUT2D eigenvalue weighted by atomic mass is 9.94. The summed E-state index contributed by atoms with van der Waals surface area (Å²) in [5, 5.41) is 2.85. The van der Waals surface area contributed by atoms with Crippen molar-refractivity contribution >= 4 is 13.6 Å². The van der Waals surface area contributed by atoms with Crippen LogP contribution in [0.4, 0.5) is 0 Å². The molecule has 0 aromatic heterocycles. The van der Waals surface area contributed by atoms with Crippen LogP contribution in [-0.2, 0) is 24.8 Å². The summed E-state index contributed by atoms with van der Waals surface area (Å²) < 4.78 is 28.2. The summed E-state index contributed by atoms with van der Waals surface area (Å²) in [7, 11) is -2.42. The maximum absolute atomic E-state index is 12.3. The number of benzene rings is 1. The number of phosphoric acid groups is 1. The van der Waals surface area contributed by atoms with Gasteiger partial charge < -0.3 is 14.9 Å². The Labute approximate surface area is 225 Å². The van der Waals surface area contributed by atoms with Crippen molar-refractivity contribution < 1.29 is 28.0 Å². The number of carbonyl (C=O) groups excluding carboxylic acids is 1. The van der Waals surface area contributed by atoms with Crippen LogP contribution in [0.3, 0.4) is 0 Å². The molecule has 1 rings (SSSR count). The van der Waals surface area contributed by atoms with Crippen LogP contribution in [0.25, 0.3) is 0 Å². The summed E-state index contributed by atoms with van der Waals surface area (Å²) in [5.74, 6) is 0.773. The minimum absolute atomic E-state index is 0.0141. The molecule has 0 spiro atoms. The fourth-order valence-corrected chi connectivity index (χ4v) is 5.02. The van der Waals surface area contributed by atoms with E-state index in [-0.39, 0.29) is 24.9 Å². The molecule has 7 nitrogen and oxygen atoms in total. The van der Waals surface area contributed by atoms with Crippen molar-refractivity contribution in [1.29, 1.82) is 0 Å². The minimum Gasteiger partial charge on any atom is -0.494 e. The molecule has 2 unspecified atom stereocenters. The van der Waals surface area contributed by atoms with Gasteiger partial charge in [0.25, 0.3) is 0 Å². The molecule has 0 aliphatic carbocycles. The Morgan fingerprint density at radius 2 is 1.51 bits per heavy atom. The van der Waals surface area contributed by atoms with Gasteiger partial charge in [-0.2, -0.15) is 0 Å². The van der Waals surface area contributed by atoms with E-state index in [1.165, 1.54) is 57.8 Å². The van der Waals surface area contributed by atoms with Crippen molar-refractivity contribution in [3.05, 3.63) is 29.8 Å². The third kappa shape index (κ3) is 18.6. The smallest absolute Gasteiger partial charge is 0.472 e. The molecule has 0 fully saturated rings. The summed E-state index contributed by atoms with van der Waals surface area (Å²) in [5.41, 5.74) is 1.04. The molecule has 8 heteroatoms. The Morgan fingerprint density at radius 1 is 0.892 bits per heavy atom. The Bertz CT molecular complexity index is 742. The molecule has 2 N–H and O–H groups in total. The van der Waals surface area contributed by atoms with Crippen LogP contribution in [-0.4, -0.2) is 44.1 Å². The number of rotatable bonds is 25.